The fourth-order valence-corrected chi connectivity index (χ4v) is 3.63. The lowest BCUT2D eigenvalue weighted by Crippen LogP contribution is -2.61. The molecule has 114 valence electrons. The number of nitrogens with one attached hydrogen (secondary N) is 1. The third kappa shape index (κ3) is 3.39. The van der Waals surface area contributed by atoms with Crippen molar-refractivity contribution in [3.63, 3.8) is 0 Å². The monoisotopic (exact) mass is 370 g/mol. The fraction of sp³-hybridized carbons (Fsp3) is 0.643. The van der Waals surface area contributed by atoms with Gasteiger partial charge < -0.3 is 4.55 Å². The third-order valence-corrected chi connectivity index (χ3v) is 5.64. The van der Waals surface area contributed by atoms with Crippen LogP contribution in [0.3, 0.4) is 0 Å². The molecular formula is C14H19BrN4OS. The van der Waals surface area contributed by atoms with Crippen molar-refractivity contribution in [1.29, 1.82) is 5.26 Å². The Labute approximate surface area is 137 Å². The first-order valence-electron chi connectivity index (χ1n) is 6.69. The van der Waals surface area contributed by atoms with Crippen LogP contribution in [0.2, 0.25) is 0 Å². The van der Waals surface area contributed by atoms with Gasteiger partial charge in [-0.25, -0.2) is 9.97 Å². The van der Waals surface area contributed by atoms with Gasteiger partial charge in [-0.3, -0.25) is 0 Å². The van der Waals surface area contributed by atoms with E-state index in [2.05, 4.69) is 36.7 Å². The maximum absolute atomic E-state index is 12.5. The molecule has 21 heavy (non-hydrogen) atoms. The topological polar surface area (TPSA) is 84.7 Å². The first-order chi connectivity index (χ1) is 9.60. The standard InChI is InChI=1S/C14H19BrN4OS/c1-12(2,3)21(20)19-14(7-13(4,8-14)9-16)11-17-5-10(15)6-18-11/h5-6,19H,7-8H2,1-4H3/t13?,14?,21-/m1/s1. The SMILES string of the molecule is CC1(C#N)CC(N[S@+]([O-])C(C)(C)C)(c2ncc(Br)cn2)C1. The molecule has 0 aromatic carbocycles. The maximum Gasteiger partial charge on any atom is 0.152 e. The second-order valence-corrected chi connectivity index (χ2v) is 9.70. The van der Waals surface area contributed by atoms with Gasteiger partial charge in [-0.05, 0) is 56.5 Å². The summed E-state index contributed by atoms with van der Waals surface area (Å²) in [6, 6.07) is 2.32. The molecule has 7 heteroatoms. The molecule has 1 aliphatic rings. The number of nitrogens with zero attached hydrogens (tertiary/aromatic N) is 3. The molecule has 1 fully saturated rings. The van der Waals surface area contributed by atoms with E-state index in [1.807, 2.05) is 27.7 Å². The molecule has 0 bridgehead atoms. The van der Waals surface area contributed by atoms with Crippen LogP contribution in [0.25, 0.3) is 0 Å². The average molecular weight is 371 g/mol. The van der Waals surface area contributed by atoms with Gasteiger partial charge in [0.25, 0.3) is 0 Å². The third-order valence-electron chi connectivity index (χ3n) is 3.55. The highest BCUT2D eigenvalue weighted by Gasteiger charge is 2.58. The van der Waals surface area contributed by atoms with Crippen molar-refractivity contribution in [1.82, 2.24) is 14.7 Å². The average Bonchev–Trinajstić information content (AvgIpc) is 2.36. The molecule has 1 saturated carbocycles. The Bertz CT molecular complexity index is 558. The quantitative estimate of drug-likeness (QED) is 0.826. The summed E-state index contributed by atoms with van der Waals surface area (Å²) >= 11 is 2.07. The molecule has 2 rings (SSSR count). The van der Waals surface area contributed by atoms with E-state index in [9.17, 15) is 9.81 Å². The lowest BCUT2D eigenvalue weighted by Gasteiger charge is -2.50. The van der Waals surface area contributed by atoms with Crippen molar-refractivity contribution in [3.8, 4) is 6.07 Å². The van der Waals surface area contributed by atoms with Gasteiger partial charge in [0.2, 0.25) is 0 Å². The lowest BCUT2D eigenvalue weighted by atomic mass is 9.59. The highest BCUT2D eigenvalue weighted by Crippen LogP contribution is 2.53. The highest BCUT2D eigenvalue weighted by atomic mass is 79.9. The number of halogens is 1. The summed E-state index contributed by atoms with van der Waals surface area (Å²) in [6.07, 6.45) is 4.46. The summed E-state index contributed by atoms with van der Waals surface area (Å²) in [5, 5.41) is 9.26. The largest absolute Gasteiger partial charge is 0.598 e. The van der Waals surface area contributed by atoms with Crippen LogP contribution < -0.4 is 4.72 Å². The van der Waals surface area contributed by atoms with Crippen LogP contribution >= 0.6 is 15.9 Å². The van der Waals surface area contributed by atoms with Crippen LogP contribution in [0.1, 0.15) is 46.4 Å². The zero-order valence-electron chi connectivity index (χ0n) is 12.6. The fourth-order valence-electron chi connectivity index (χ4n) is 2.53. The molecule has 0 saturated heterocycles. The van der Waals surface area contributed by atoms with Crippen molar-refractivity contribution in [2.24, 2.45) is 5.41 Å². The summed E-state index contributed by atoms with van der Waals surface area (Å²) in [7, 11) is 0. The van der Waals surface area contributed by atoms with Crippen molar-refractivity contribution in [2.45, 2.75) is 50.8 Å². The van der Waals surface area contributed by atoms with E-state index in [-0.39, 0.29) is 4.75 Å². The zero-order valence-corrected chi connectivity index (χ0v) is 15.0. The highest BCUT2D eigenvalue weighted by molar-refractivity contribution is 9.10. The van der Waals surface area contributed by atoms with Crippen molar-refractivity contribution < 1.29 is 4.55 Å². The lowest BCUT2D eigenvalue weighted by molar-refractivity contribution is 0.0725. The molecule has 0 radical (unpaired) electrons. The minimum absolute atomic E-state index is 0.388. The van der Waals surface area contributed by atoms with Crippen molar-refractivity contribution >= 4 is 27.3 Å². The molecule has 1 atom stereocenters. The minimum atomic E-state index is -1.25. The van der Waals surface area contributed by atoms with Crippen LogP contribution in [-0.2, 0) is 16.9 Å². The van der Waals surface area contributed by atoms with Crippen LogP contribution in [0.5, 0.6) is 0 Å². The molecule has 0 aliphatic heterocycles. The van der Waals surface area contributed by atoms with Crippen LogP contribution in [0.15, 0.2) is 16.9 Å². The predicted octanol–water partition coefficient (Wildman–Crippen LogP) is 2.81. The van der Waals surface area contributed by atoms with E-state index >= 15 is 0 Å². The molecule has 0 spiro atoms. The Morgan fingerprint density at radius 3 is 2.33 bits per heavy atom. The van der Waals surface area contributed by atoms with Gasteiger partial charge in [0, 0.05) is 23.8 Å². The number of hydrogen-bond donors (Lipinski definition) is 1. The number of rotatable bonds is 3. The van der Waals surface area contributed by atoms with E-state index in [1.165, 1.54) is 0 Å². The van der Waals surface area contributed by atoms with Gasteiger partial charge in [-0.15, -0.1) is 4.72 Å². The van der Waals surface area contributed by atoms with Gasteiger partial charge >= 0.3 is 0 Å². The number of aromatic nitrogens is 2. The Balaban J connectivity index is 2.30. The first-order valence-corrected chi connectivity index (χ1v) is 8.64. The molecule has 1 heterocycles. The molecule has 1 aliphatic carbocycles. The molecular weight excluding hydrogens is 352 g/mol. The van der Waals surface area contributed by atoms with Crippen molar-refractivity contribution in [2.75, 3.05) is 0 Å². The molecule has 1 aromatic heterocycles. The summed E-state index contributed by atoms with van der Waals surface area (Å²) in [6.45, 7) is 7.64. The Morgan fingerprint density at radius 2 is 1.90 bits per heavy atom. The van der Waals surface area contributed by atoms with Gasteiger partial charge in [-0.1, -0.05) is 0 Å². The second-order valence-electron chi connectivity index (χ2n) is 6.82. The summed E-state index contributed by atoms with van der Waals surface area (Å²) in [5.41, 5.74) is -1.02. The van der Waals surface area contributed by atoms with Crippen LogP contribution in [0.4, 0.5) is 0 Å². The van der Waals surface area contributed by atoms with Crippen molar-refractivity contribution in [3.05, 3.63) is 22.7 Å². The van der Waals surface area contributed by atoms with Gasteiger partial charge in [0.05, 0.1) is 16.0 Å². The van der Waals surface area contributed by atoms with E-state index in [4.69, 9.17) is 0 Å². The molecule has 5 nitrogen and oxygen atoms in total. The maximum atomic E-state index is 12.5. The number of hydrogen-bond acceptors (Lipinski definition) is 5. The van der Waals surface area contributed by atoms with Gasteiger partial charge in [0.1, 0.15) is 10.3 Å². The van der Waals surface area contributed by atoms with Gasteiger partial charge in [0.15, 0.2) is 5.82 Å². The summed E-state index contributed by atoms with van der Waals surface area (Å²) in [4.78, 5) is 8.69. The van der Waals surface area contributed by atoms with E-state index < -0.39 is 22.3 Å². The minimum Gasteiger partial charge on any atom is -0.598 e. The molecule has 0 unspecified atom stereocenters. The zero-order chi connectivity index (χ0) is 15.9. The Morgan fingerprint density at radius 1 is 1.38 bits per heavy atom. The van der Waals surface area contributed by atoms with E-state index in [0.29, 0.717) is 18.7 Å². The Kier molecular flexibility index (Phi) is 4.37. The van der Waals surface area contributed by atoms with Crippen LogP contribution in [-0.4, -0.2) is 19.3 Å². The first kappa shape index (κ1) is 16.7. The summed E-state index contributed by atoms with van der Waals surface area (Å²) < 4.78 is 16.0. The summed E-state index contributed by atoms with van der Waals surface area (Å²) in [5.74, 6) is 0.594. The Hall–Kier alpha value is -0.680. The number of nitriles is 1. The van der Waals surface area contributed by atoms with Gasteiger partial charge in [-0.2, -0.15) is 5.26 Å². The second kappa shape index (κ2) is 5.51. The molecule has 1 aromatic rings. The smallest absolute Gasteiger partial charge is 0.152 e. The van der Waals surface area contributed by atoms with E-state index in [1.54, 1.807) is 12.4 Å². The predicted molar refractivity (Wildman–Crippen MR) is 85.4 cm³/mol. The normalized spacial score (nSPS) is 30.3. The molecule has 1 N–H and O–H groups in total. The molecule has 0 amide bonds. The van der Waals surface area contributed by atoms with Crippen LogP contribution in [0, 0.1) is 16.7 Å². The van der Waals surface area contributed by atoms with E-state index in [0.717, 1.165) is 4.47 Å².